The molecule has 30 heavy (non-hydrogen) atoms. The molecule has 0 aliphatic carbocycles. The third-order valence-corrected chi connectivity index (χ3v) is 6.35. The molecular formula is C19H21N5O5S. The van der Waals surface area contributed by atoms with Crippen molar-refractivity contribution in [2.24, 2.45) is 7.05 Å². The summed E-state index contributed by atoms with van der Waals surface area (Å²) in [5.41, 5.74) is 5.44. The SMILES string of the molecule is CN(C)S(=O)(=O)c1cccc(C(=O)NNC(=O)Cn2c(=O)n(C)c3ccccc32)c1. The van der Waals surface area contributed by atoms with Crippen LogP contribution in [0.5, 0.6) is 0 Å². The van der Waals surface area contributed by atoms with Gasteiger partial charge in [0.2, 0.25) is 10.0 Å². The highest BCUT2D eigenvalue weighted by atomic mass is 32.2. The van der Waals surface area contributed by atoms with Crippen molar-refractivity contribution in [3.63, 3.8) is 0 Å². The van der Waals surface area contributed by atoms with Gasteiger partial charge in [0.1, 0.15) is 6.54 Å². The summed E-state index contributed by atoms with van der Waals surface area (Å²) in [6, 6.07) is 12.5. The van der Waals surface area contributed by atoms with Crippen molar-refractivity contribution in [2.45, 2.75) is 11.4 Å². The van der Waals surface area contributed by atoms with Crippen LogP contribution in [0.2, 0.25) is 0 Å². The number of fused-ring (bicyclic) bond motifs is 1. The van der Waals surface area contributed by atoms with Gasteiger partial charge in [-0.05, 0) is 30.3 Å². The van der Waals surface area contributed by atoms with E-state index in [0.29, 0.717) is 11.0 Å². The van der Waals surface area contributed by atoms with Crippen molar-refractivity contribution in [1.82, 2.24) is 24.3 Å². The highest BCUT2D eigenvalue weighted by Crippen LogP contribution is 2.15. The van der Waals surface area contributed by atoms with E-state index in [1.807, 2.05) is 0 Å². The predicted molar refractivity (Wildman–Crippen MR) is 110 cm³/mol. The number of aryl methyl sites for hydroxylation is 1. The molecule has 0 aliphatic rings. The molecule has 3 rings (SSSR count). The Hall–Kier alpha value is -3.44. The fourth-order valence-electron chi connectivity index (χ4n) is 2.91. The molecule has 2 amide bonds. The molecule has 0 radical (unpaired) electrons. The number of aromatic nitrogens is 2. The molecule has 1 aromatic heterocycles. The fourth-order valence-corrected chi connectivity index (χ4v) is 3.85. The molecule has 0 unspecified atom stereocenters. The average Bonchev–Trinajstić information content (AvgIpc) is 2.97. The van der Waals surface area contributed by atoms with Gasteiger partial charge in [-0.2, -0.15) is 0 Å². The monoisotopic (exact) mass is 431 g/mol. The number of hydrogen-bond donors (Lipinski definition) is 2. The molecule has 10 nitrogen and oxygen atoms in total. The molecule has 0 spiro atoms. The maximum atomic E-state index is 12.4. The van der Waals surface area contributed by atoms with Crippen LogP contribution in [0.15, 0.2) is 58.2 Å². The van der Waals surface area contributed by atoms with Gasteiger partial charge in [-0.15, -0.1) is 0 Å². The Bertz CT molecular complexity index is 1290. The van der Waals surface area contributed by atoms with E-state index in [9.17, 15) is 22.8 Å². The zero-order chi connectivity index (χ0) is 22.1. The van der Waals surface area contributed by atoms with Gasteiger partial charge in [0, 0.05) is 26.7 Å². The van der Waals surface area contributed by atoms with Crippen LogP contribution in [0.1, 0.15) is 10.4 Å². The fraction of sp³-hybridized carbons (Fsp3) is 0.211. The van der Waals surface area contributed by atoms with Crippen molar-refractivity contribution < 1.29 is 18.0 Å². The summed E-state index contributed by atoms with van der Waals surface area (Å²) in [6.45, 7) is -0.296. The number of hydrazine groups is 1. The second-order valence-corrected chi connectivity index (χ2v) is 8.89. The number of benzene rings is 2. The molecule has 11 heteroatoms. The van der Waals surface area contributed by atoms with E-state index in [2.05, 4.69) is 10.9 Å². The lowest BCUT2D eigenvalue weighted by Crippen LogP contribution is -2.44. The maximum absolute atomic E-state index is 12.4. The van der Waals surface area contributed by atoms with Gasteiger partial charge in [0.25, 0.3) is 11.8 Å². The van der Waals surface area contributed by atoms with E-state index in [0.717, 1.165) is 4.31 Å². The third kappa shape index (κ3) is 3.98. The number of hydrogen-bond acceptors (Lipinski definition) is 5. The van der Waals surface area contributed by atoms with Gasteiger partial charge in [-0.1, -0.05) is 18.2 Å². The van der Waals surface area contributed by atoms with Crippen LogP contribution in [0.4, 0.5) is 0 Å². The Morgan fingerprint density at radius 3 is 2.33 bits per heavy atom. The quantitative estimate of drug-likeness (QED) is 0.553. The van der Waals surface area contributed by atoms with Crippen molar-refractivity contribution in [2.75, 3.05) is 14.1 Å². The minimum atomic E-state index is -3.70. The first kappa shape index (κ1) is 21.3. The van der Waals surface area contributed by atoms with Crippen LogP contribution in [-0.2, 0) is 28.4 Å². The van der Waals surface area contributed by atoms with E-state index in [1.54, 1.807) is 31.3 Å². The zero-order valence-corrected chi connectivity index (χ0v) is 17.4. The molecule has 2 aromatic carbocycles. The number of rotatable bonds is 5. The molecule has 0 bridgehead atoms. The normalized spacial score (nSPS) is 11.6. The molecular weight excluding hydrogens is 410 g/mol. The van der Waals surface area contributed by atoms with Crippen LogP contribution in [0.25, 0.3) is 11.0 Å². The molecule has 1 heterocycles. The number of amides is 2. The van der Waals surface area contributed by atoms with Crippen molar-refractivity contribution in [1.29, 1.82) is 0 Å². The average molecular weight is 431 g/mol. The molecule has 2 N–H and O–H groups in total. The summed E-state index contributed by atoms with van der Waals surface area (Å²) in [5, 5.41) is 0. The number of nitrogens with zero attached hydrogens (tertiary/aromatic N) is 3. The second kappa shape index (κ2) is 8.13. The summed E-state index contributed by atoms with van der Waals surface area (Å²) in [7, 11) is 0.677. The number of imidazole rings is 1. The lowest BCUT2D eigenvalue weighted by atomic mass is 10.2. The Balaban J connectivity index is 1.71. The van der Waals surface area contributed by atoms with Crippen molar-refractivity contribution in [3.8, 4) is 0 Å². The van der Waals surface area contributed by atoms with Crippen molar-refractivity contribution >= 4 is 32.9 Å². The van der Waals surface area contributed by atoms with Gasteiger partial charge in [-0.25, -0.2) is 17.5 Å². The summed E-state index contributed by atoms with van der Waals surface area (Å²) >= 11 is 0. The molecule has 0 aliphatic heterocycles. The number of nitrogens with one attached hydrogen (secondary N) is 2. The number of sulfonamides is 1. The number of carbonyl (C=O) groups excluding carboxylic acids is 2. The molecule has 0 atom stereocenters. The smallest absolute Gasteiger partial charge is 0.295 e. The standard InChI is InChI=1S/C19H21N5O5S/c1-22(2)30(28,29)14-8-6-7-13(11-14)18(26)21-20-17(25)12-24-16-10-5-4-9-15(16)23(3)19(24)27/h4-11H,12H2,1-3H3,(H,20,25)(H,21,26). The van der Waals surface area contributed by atoms with Gasteiger partial charge in [0.15, 0.2) is 0 Å². The Labute approximate surface area is 172 Å². The first-order valence-corrected chi connectivity index (χ1v) is 10.3. The van der Waals surface area contributed by atoms with Crippen LogP contribution in [-0.4, -0.2) is 47.8 Å². The summed E-state index contributed by atoms with van der Waals surface area (Å²) in [6.07, 6.45) is 0. The minimum Gasteiger partial charge on any atom is -0.295 e. The summed E-state index contributed by atoms with van der Waals surface area (Å²) in [5.74, 6) is -1.30. The summed E-state index contributed by atoms with van der Waals surface area (Å²) in [4.78, 5) is 36.9. The first-order valence-electron chi connectivity index (χ1n) is 8.89. The van der Waals surface area contributed by atoms with Gasteiger partial charge in [0.05, 0.1) is 15.9 Å². The first-order chi connectivity index (χ1) is 14.1. The van der Waals surface area contributed by atoms with Gasteiger partial charge in [-0.3, -0.25) is 29.6 Å². The molecule has 0 fully saturated rings. The molecule has 0 saturated heterocycles. The highest BCUT2D eigenvalue weighted by Gasteiger charge is 2.19. The maximum Gasteiger partial charge on any atom is 0.329 e. The third-order valence-electron chi connectivity index (χ3n) is 4.54. The van der Waals surface area contributed by atoms with Gasteiger partial charge < -0.3 is 0 Å². The van der Waals surface area contributed by atoms with E-state index in [4.69, 9.17) is 0 Å². The van der Waals surface area contributed by atoms with Crippen LogP contribution >= 0.6 is 0 Å². The molecule has 0 saturated carbocycles. The van der Waals surface area contributed by atoms with E-state index in [-0.39, 0.29) is 22.7 Å². The Kier molecular flexibility index (Phi) is 5.76. The lowest BCUT2D eigenvalue weighted by Gasteiger charge is -2.12. The largest absolute Gasteiger partial charge is 0.329 e. The second-order valence-electron chi connectivity index (χ2n) is 6.73. The van der Waals surface area contributed by atoms with E-state index in [1.165, 1.54) is 47.5 Å². The van der Waals surface area contributed by atoms with E-state index >= 15 is 0 Å². The minimum absolute atomic E-state index is 0.0474. The topological polar surface area (TPSA) is 123 Å². The zero-order valence-electron chi connectivity index (χ0n) is 16.6. The number of para-hydroxylation sites is 2. The summed E-state index contributed by atoms with van der Waals surface area (Å²) < 4.78 is 28.2. The Morgan fingerprint density at radius 1 is 1.00 bits per heavy atom. The van der Waals surface area contributed by atoms with Crippen molar-refractivity contribution in [3.05, 3.63) is 64.6 Å². The lowest BCUT2D eigenvalue weighted by molar-refractivity contribution is -0.122. The number of carbonyl (C=O) groups is 2. The van der Waals surface area contributed by atoms with Crippen LogP contribution < -0.4 is 16.5 Å². The van der Waals surface area contributed by atoms with Crippen LogP contribution in [0, 0.1) is 0 Å². The molecule has 3 aromatic rings. The highest BCUT2D eigenvalue weighted by molar-refractivity contribution is 7.89. The van der Waals surface area contributed by atoms with Crippen LogP contribution in [0.3, 0.4) is 0 Å². The molecule has 158 valence electrons. The Morgan fingerprint density at radius 2 is 1.67 bits per heavy atom. The predicted octanol–water partition coefficient (Wildman–Crippen LogP) is 0.0515. The van der Waals surface area contributed by atoms with E-state index < -0.39 is 21.8 Å². The van der Waals surface area contributed by atoms with Gasteiger partial charge >= 0.3 is 5.69 Å².